The van der Waals surface area contributed by atoms with Crippen molar-refractivity contribution in [3.63, 3.8) is 0 Å². The molecular weight excluding hydrogens is 136 g/mol. The molecule has 0 aliphatic heterocycles. The molecule has 0 N–H and O–H groups in total. The lowest BCUT2D eigenvalue weighted by atomic mass is 9.46. The Morgan fingerprint density at radius 1 is 1.45 bits per heavy atom. The predicted molar refractivity (Wildman–Crippen MR) is 44.1 cm³/mol. The van der Waals surface area contributed by atoms with Crippen LogP contribution in [0.1, 0.15) is 27.2 Å². The number of rotatable bonds is 0. The number of carbonyl (C=O) groups is 1. The summed E-state index contributed by atoms with van der Waals surface area (Å²) in [4.78, 5) is 11.5. The van der Waals surface area contributed by atoms with E-state index in [0.717, 1.165) is 6.42 Å². The molecule has 2 aliphatic rings. The van der Waals surface area contributed by atoms with Gasteiger partial charge in [0, 0.05) is 11.3 Å². The summed E-state index contributed by atoms with van der Waals surface area (Å²) in [5, 5.41) is 0. The molecule has 1 saturated carbocycles. The molecule has 0 saturated heterocycles. The van der Waals surface area contributed by atoms with Crippen molar-refractivity contribution < 1.29 is 4.79 Å². The topological polar surface area (TPSA) is 17.1 Å². The van der Waals surface area contributed by atoms with Gasteiger partial charge in [0.2, 0.25) is 0 Å². The zero-order chi connectivity index (χ0) is 8.28. The van der Waals surface area contributed by atoms with Gasteiger partial charge < -0.3 is 0 Å². The van der Waals surface area contributed by atoms with Gasteiger partial charge >= 0.3 is 0 Å². The number of Topliss-reactive ketones (excluding diaryl/α,β-unsaturated/α-hetero) is 1. The van der Waals surface area contributed by atoms with E-state index in [2.05, 4.69) is 32.9 Å². The van der Waals surface area contributed by atoms with E-state index in [1.165, 1.54) is 0 Å². The molecule has 1 nitrogen and oxygen atoms in total. The SMILES string of the molecule is CC1(C)C(=O)[C@H]2C=CC[C@]21C. The van der Waals surface area contributed by atoms with Crippen molar-refractivity contribution in [2.45, 2.75) is 27.2 Å². The molecule has 1 fully saturated rings. The summed E-state index contributed by atoms with van der Waals surface area (Å²) in [7, 11) is 0. The zero-order valence-corrected chi connectivity index (χ0v) is 7.35. The van der Waals surface area contributed by atoms with Crippen molar-refractivity contribution in [3.05, 3.63) is 12.2 Å². The molecule has 0 aromatic carbocycles. The molecule has 60 valence electrons. The van der Waals surface area contributed by atoms with Crippen LogP contribution in [0.5, 0.6) is 0 Å². The lowest BCUT2D eigenvalue weighted by molar-refractivity contribution is -0.161. The summed E-state index contributed by atoms with van der Waals surface area (Å²) in [6.07, 6.45) is 5.31. The first-order chi connectivity index (χ1) is 5.00. The van der Waals surface area contributed by atoms with Crippen LogP contribution in [0.15, 0.2) is 12.2 Å². The monoisotopic (exact) mass is 150 g/mol. The van der Waals surface area contributed by atoms with Crippen molar-refractivity contribution in [1.82, 2.24) is 0 Å². The smallest absolute Gasteiger partial charge is 0.146 e. The van der Waals surface area contributed by atoms with Crippen LogP contribution in [0.2, 0.25) is 0 Å². The number of carbonyl (C=O) groups excluding carboxylic acids is 1. The summed E-state index contributed by atoms with van der Waals surface area (Å²) < 4.78 is 0. The number of hydrogen-bond donors (Lipinski definition) is 0. The van der Waals surface area contributed by atoms with Crippen LogP contribution >= 0.6 is 0 Å². The molecule has 2 atom stereocenters. The molecule has 0 spiro atoms. The van der Waals surface area contributed by atoms with Crippen LogP contribution in [-0.4, -0.2) is 5.78 Å². The highest BCUT2D eigenvalue weighted by molar-refractivity contribution is 5.96. The highest BCUT2D eigenvalue weighted by Gasteiger charge is 2.64. The van der Waals surface area contributed by atoms with Gasteiger partial charge in [0.1, 0.15) is 5.78 Å². The highest BCUT2D eigenvalue weighted by atomic mass is 16.1. The normalized spacial score (nSPS) is 45.4. The van der Waals surface area contributed by atoms with Gasteiger partial charge in [0.05, 0.1) is 0 Å². The largest absolute Gasteiger partial charge is 0.298 e. The van der Waals surface area contributed by atoms with E-state index in [9.17, 15) is 4.79 Å². The second-order valence-corrected chi connectivity index (χ2v) is 4.52. The Morgan fingerprint density at radius 3 is 2.64 bits per heavy atom. The lowest BCUT2D eigenvalue weighted by Gasteiger charge is -2.55. The Kier molecular flexibility index (Phi) is 1.03. The summed E-state index contributed by atoms with van der Waals surface area (Å²) in [5.74, 6) is 0.659. The molecule has 11 heavy (non-hydrogen) atoms. The summed E-state index contributed by atoms with van der Waals surface area (Å²) >= 11 is 0. The van der Waals surface area contributed by atoms with Gasteiger partial charge in [-0.05, 0) is 11.8 Å². The standard InChI is InChI=1S/C10H14O/c1-9(2)8(11)7-5-4-6-10(7,9)3/h4-5,7H,6H2,1-3H3/t7-,10-/m1/s1. The summed E-state index contributed by atoms with van der Waals surface area (Å²) in [6.45, 7) is 6.36. The van der Waals surface area contributed by atoms with Gasteiger partial charge in [0.25, 0.3) is 0 Å². The van der Waals surface area contributed by atoms with Gasteiger partial charge in [-0.2, -0.15) is 0 Å². The van der Waals surface area contributed by atoms with Crippen molar-refractivity contribution in [2.75, 3.05) is 0 Å². The number of fused-ring (bicyclic) bond motifs is 1. The van der Waals surface area contributed by atoms with Crippen molar-refractivity contribution in [2.24, 2.45) is 16.7 Å². The van der Waals surface area contributed by atoms with Crippen molar-refractivity contribution in [3.8, 4) is 0 Å². The molecule has 2 rings (SSSR count). The highest BCUT2D eigenvalue weighted by Crippen LogP contribution is 2.62. The average molecular weight is 150 g/mol. The van der Waals surface area contributed by atoms with Crippen LogP contribution in [0.3, 0.4) is 0 Å². The summed E-state index contributed by atoms with van der Waals surface area (Å²) in [6, 6.07) is 0. The van der Waals surface area contributed by atoms with Gasteiger partial charge in [-0.3, -0.25) is 4.79 Å². The fourth-order valence-corrected chi connectivity index (χ4v) is 2.40. The van der Waals surface area contributed by atoms with E-state index < -0.39 is 0 Å². The fourth-order valence-electron chi connectivity index (χ4n) is 2.40. The molecule has 0 heterocycles. The Labute approximate surface area is 67.5 Å². The van der Waals surface area contributed by atoms with E-state index in [1.807, 2.05) is 0 Å². The van der Waals surface area contributed by atoms with Gasteiger partial charge in [0.15, 0.2) is 0 Å². The van der Waals surface area contributed by atoms with Crippen LogP contribution in [0.4, 0.5) is 0 Å². The van der Waals surface area contributed by atoms with Gasteiger partial charge in [-0.15, -0.1) is 0 Å². The molecule has 0 aromatic heterocycles. The third-order valence-corrected chi connectivity index (χ3v) is 3.88. The molecule has 0 aromatic rings. The van der Waals surface area contributed by atoms with E-state index in [-0.39, 0.29) is 16.7 Å². The average Bonchev–Trinajstić information content (AvgIpc) is 2.30. The molecule has 1 heteroatoms. The number of allylic oxidation sites excluding steroid dienone is 2. The van der Waals surface area contributed by atoms with Crippen LogP contribution in [0.25, 0.3) is 0 Å². The molecule has 0 bridgehead atoms. The Morgan fingerprint density at radius 2 is 2.09 bits per heavy atom. The maximum atomic E-state index is 11.5. The quantitative estimate of drug-likeness (QED) is 0.484. The number of hydrogen-bond acceptors (Lipinski definition) is 1. The lowest BCUT2D eigenvalue weighted by Crippen LogP contribution is -2.59. The second-order valence-electron chi connectivity index (χ2n) is 4.52. The summed E-state index contributed by atoms with van der Waals surface area (Å²) in [5.41, 5.74) is 0.158. The molecule has 2 aliphatic carbocycles. The van der Waals surface area contributed by atoms with Gasteiger partial charge in [-0.1, -0.05) is 32.9 Å². The first kappa shape index (κ1) is 7.08. The van der Waals surface area contributed by atoms with E-state index in [1.54, 1.807) is 0 Å². The maximum Gasteiger partial charge on any atom is 0.146 e. The maximum absolute atomic E-state index is 11.5. The third-order valence-electron chi connectivity index (χ3n) is 3.88. The van der Waals surface area contributed by atoms with Crippen LogP contribution in [-0.2, 0) is 4.79 Å². The first-order valence-electron chi connectivity index (χ1n) is 4.21. The van der Waals surface area contributed by atoms with E-state index in [0.29, 0.717) is 5.78 Å². The third kappa shape index (κ3) is 0.524. The predicted octanol–water partition coefficient (Wildman–Crippen LogP) is 2.18. The van der Waals surface area contributed by atoms with Gasteiger partial charge in [-0.25, -0.2) is 0 Å². The minimum Gasteiger partial charge on any atom is -0.298 e. The first-order valence-corrected chi connectivity index (χ1v) is 4.21. The Balaban J connectivity index is 2.40. The Bertz CT molecular complexity index is 250. The van der Waals surface area contributed by atoms with Crippen LogP contribution < -0.4 is 0 Å². The van der Waals surface area contributed by atoms with E-state index >= 15 is 0 Å². The van der Waals surface area contributed by atoms with E-state index in [4.69, 9.17) is 0 Å². The molecular formula is C10H14O. The minimum atomic E-state index is -0.0822. The molecule has 0 radical (unpaired) electrons. The molecule has 0 amide bonds. The van der Waals surface area contributed by atoms with Crippen LogP contribution in [0, 0.1) is 16.7 Å². The fraction of sp³-hybridized carbons (Fsp3) is 0.700. The minimum absolute atomic E-state index is 0.0822. The number of ketones is 1. The van der Waals surface area contributed by atoms with Crippen molar-refractivity contribution in [1.29, 1.82) is 0 Å². The second kappa shape index (κ2) is 1.60. The van der Waals surface area contributed by atoms with Crippen molar-refractivity contribution >= 4 is 5.78 Å². The Hall–Kier alpha value is -0.590. The zero-order valence-electron chi connectivity index (χ0n) is 7.35. The molecule has 0 unspecified atom stereocenters.